The molecular weight excluding hydrogens is 284 g/mol. The molecule has 21 heavy (non-hydrogen) atoms. The molecule has 3 aromatic rings. The maximum atomic E-state index is 12.5. The van der Waals surface area contributed by atoms with Crippen molar-refractivity contribution < 1.29 is 4.79 Å². The number of thiazole rings is 1. The minimum Gasteiger partial charge on any atom is -0.340 e. The van der Waals surface area contributed by atoms with Crippen LogP contribution in [0.25, 0.3) is 11.0 Å². The van der Waals surface area contributed by atoms with E-state index < -0.39 is 0 Å². The molecule has 1 aromatic carbocycles. The molecule has 0 aliphatic carbocycles. The van der Waals surface area contributed by atoms with Crippen LogP contribution in [0.15, 0.2) is 35.2 Å². The number of nitrogens with zero attached hydrogens (tertiary/aromatic N) is 3. The minimum absolute atomic E-state index is 0.000735. The second kappa shape index (κ2) is 4.96. The molecule has 0 saturated carbocycles. The highest BCUT2D eigenvalue weighted by Gasteiger charge is 2.33. The Bertz CT molecular complexity index is 747. The highest BCUT2D eigenvalue weighted by Crippen LogP contribution is 2.32. The largest absolute Gasteiger partial charge is 0.340 e. The molecule has 6 heteroatoms. The van der Waals surface area contributed by atoms with E-state index in [4.69, 9.17) is 0 Å². The van der Waals surface area contributed by atoms with Gasteiger partial charge in [0.1, 0.15) is 11.5 Å². The predicted molar refractivity (Wildman–Crippen MR) is 81.2 cm³/mol. The van der Waals surface area contributed by atoms with Gasteiger partial charge in [-0.3, -0.25) is 4.79 Å². The van der Waals surface area contributed by atoms with E-state index in [0.717, 1.165) is 36.2 Å². The Morgan fingerprint density at radius 2 is 2.29 bits per heavy atom. The van der Waals surface area contributed by atoms with Gasteiger partial charge in [-0.15, -0.1) is 11.3 Å². The van der Waals surface area contributed by atoms with Crippen LogP contribution in [0.4, 0.5) is 0 Å². The van der Waals surface area contributed by atoms with Crippen molar-refractivity contribution in [3.05, 3.63) is 46.7 Å². The van der Waals surface area contributed by atoms with Crippen molar-refractivity contribution >= 4 is 28.3 Å². The van der Waals surface area contributed by atoms with Gasteiger partial charge in [-0.05, 0) is 25.0 Å². The number of nitrogens with one attached hydrogen (secondary N) is 1. The van der Waals surface area contributed by atoms with Crippen LogP contribution in [-0.4, -0.2) is 32.3 Å². The first-order valence-corrected chi connectivity index (χ1v) is 7.91. The molecule has 1 unspecified atom stereocenters. The van der Waals surface area contributed by atoms with Crippen LogP contribution in [0, 0.1) is 0 Å². The molecule has 3 heterocycles. The summed E-state index contributed by atoms with van der Waals surface area (Å²) in [5.41, 5.74) is 4.18. The molecule has 1 fully saturated rings. The van der Waals surface area contributed by atoms with Gasteiger partial charge >= 0.3 is 0 Å². The monoisotopic (exact) mass is 298 g/mol. The van der Waals surface area contributed by atoms with Crippen molar-refractivity contribution in [1.82, 2.24) is 19.9 Å². The highest BCUT2D eigenvalue weighted by atomic mass is 32.1. The van der Waals surface area contributed by atoms with Crippen molar-refractivity contribution in [2.45, 2.75) is 18.9 Å². The average molecular weight is 298 g/mol. The number of amides is 1. The van der Waals surface area contributed by atoms with Crippen LogP contribution in [0.1, 0.15) is 35.2 Å². The molecule has 1 aliphatic heterocycles. The molecule has 2 aromatic heterocycles. The van der Waals surface area contributed by atoms with Gasteiger partial charge in [-0.1, -0.05) is 12.1 Å². The Morgan fingerprint density at radius 3 is 3.10 bits per heavy atom. The van der Waals surface area contributed by atoms with E-state index in [1.54, 1.807) is 10.9 Å². The number of imidazole rings is 1. The first-order chi connectivity index (χ1) is 10.3. The third-order valence-electron chi connectivity index (χ3n) is 3.89. The van der Waals surface area contributed by atoms with Gasteiger partial charge in [-0.25, -0.2) is 9.97 Å². The fraction of sp³-hybridized carbons (Fsp3) is 0.267. The van der Waals surface area contributed by atoms with Gasteiger partial charge in [-0.2, -0.15) is 0 Å². The highest BCUT2D eigenvalue weighted by molar-refractivity contribution is 7.07. The molecular formula is C15H14N4OS. The van der Waals surface area contributed by atoms with E-state index in [2.05, 4.69) is 15.0 Å². The zero-order valence-electron chi connectivity index (χ0n) is 11.3. The first kappa shape index (κ1) is 12.5. The minimum atomic E-state index is -0.000735. The molecule has 0 spiro atoms. The first-order valence-electron chi connectivity index (χ1n) is 6.97. The molecule has 1 aliphatic rings. The summed E-state index contributed by atoms with van der Waals surface area (Å²) in [5, 5.41) is 1.80. The zero-order valence-corrected chi connectivity index (χ0v) is 12.1. The van der Waals surface area contributed by atoms with Crippen molar-refractivity contribution in [2.24, 2.45) is 0 Å². The number of aromatic nitrogens is 3. The number of para-hydroxylation sites is 2. The van der Waals surface area contributed by atoms with Crippen LogP contribution < -0.4 is 0 Å². The molecule has 1 amide bonds. The Kier molecular flexibility index (Phi) is 2.96. The summed E-state index contributed by atoms with van der Waals surface area (Å²) in [5.74, 6) is 0.872. The number of carbonyl (C=O) groups excluding carboxylic acids is 1. The fourth-order valence-corrected chi connectivity index (χ4v) is 3.42. The normalized spacial score (nSPS) is 18.5. The maximum absolute atomic E-state index is 12.5. The Balaban J connectivity index is 1.68. The van der Waals surface area contributed by atoms with Gasteiger partial charge in [0.25, 0.3) is 5.91 Å². The van der Waals surface area contributed by atoms with E-state index in [1.807, 2.05) is 29.2 Å². The number of likely N-dealkylation sites (tertiary alicyclic amines) is 1. The number of rotatable bonds is 2. The van der Waals surface area contributed by atoms with Crippen LogP contribution in [0.2, 0.25) is 0 Å². The Labute approximate surface area is 125 Å². The standard InChI is InChI=1S/C15H14N4OS/c20-15(12-8-21-9-16-12)19-7-3-6-13(19)14-17-10-4-1-2-5-11(10)18-14/h1-2,4-5,8-9,13H,3,6-7H2,(H,17,18). The average Bonchev–Trinajstić information content (AvgIpc) is 3.24. The quantitative estimate of drug-likeness (QED) is 0.791. The summed E-state index contributed by atoms with van der Waals surface area (Å²) in [6.07, 6.45) is 1.94. The van der Waals surface area contributed by atoms with Crippen molar-refractivity contribution in [3.8, 4) is 0 Å². The number of benzene rings is 1. The van der Waals surface area contributed by atoms with E-state index in [0.29, 0.717) is 5.69 Å². The summed E-state index contributed by atoms with van der Waals surface area (Å²) in [7, 11) is 0. The smallest absolute Gasteiger partial charge is 0.273 e. The number of aromatic amines is 1. The van der Waals surface area contributed by atoms with E-state index >= 15 is 0 Å². The molecule has 0 bridgehead atoms. The molecule has 0 radical (unpaired) electrons. The van der Waals surface area contributed by atoms with Gasteiger partial charge in [0.05, 0.1) is 22.6 Å². The van der Waals surface area contributed by atoms with Crippen molar-refractivity contribution in [3.63, 3.8) is 0 Å². The summed E-state index contributed by atoms with van der Waals surface area (Å²) in [6, 6.07) is 7.97. The third-order valence-corrected chi connectivity index (χ3v) is 4.47. The molecule has 1 atom stereocenters. The van der Waals surface area contributed by atoms with Gasteiger partial charge < -0.3 is 9.88 Å². The Hall–Kier alpha value is -2.21. The Morgan fingerprint density at radius 1 is 1.38 bits per heavy atom. The lowest BCUT2D eigenvalue weighted by atomic mass is 10.2. The lowest BCUT2D eigenvalue weighted by molar-refractivity contribution is 0.0725. The van der Waals surface area contributed by atoms with Gasteiger partial charge in [0.15, 0.2) is 0 Å². The number of H-pyrrole nitrogens is 1. The van der Waals surface area contributed by atoms with Crippen LogP contribution in [-0.2, 0) is 0 Å². The van der Waals surface area contributed by atoms with Crippen LogP contribution in [0.3, 0.4) is 0 Å². The molecule has 5 nitrogen and oxygen atoms in total. The molecule has 4 rings (SSSR count). The molecule has 1 N–H and O–H groups in total. The summed E-state index contributed by atoms with van der Waals surface area (Å²) < 4.78 is 0. The number of fused-ring (bicyclic) bond motifs is 1. The number of hydrogen-bond donors (Lipinski definition) is 1. The lowest BCUT2D eigenvalue weighted by Crippen LogP contribution is -2.31. The fourth-order valence-electron chi connectivity index (χ4n) is 2.89. The predicted octanol–water partition coefficient (Wildman–Crippen LogP) is 3.00. The number of hydrogen-bond acceptors (Lipinski definition) is 4. The maximum Gasteiger partial charge on any atom is 0.273 e. The van der Waals surface area contributed by atoms with Crippen LogP contribution in [0.5, 0.6) is 0 Å². The SMILES string of the molecule is O=C(c1cscn1)N1CCCC1c1nc2ccccc2[nH]1. The summed E-state index contributed by atoms with van der Waals surface area (Å²) in [6.45, 7) is 0.762. The lowest BCUT2D eigenvalue weighted by Gasteiger charge is -2.22. The summed E-state index contributed by atoms with van der Waals surface area (Å²) >= 11 is 1.45. The third kappa shape index (κ3) is 2.12. The van der Waals surface area contributed by atoms with Crippen LogP contribution >= 0.6 is 11.3 Å². The zero-order chi connectivity index (χ0) is 14.2. The summed E-state index contributed by atoms with van der Waals surface area (Å²) in [4.78, 5) is 26.5. The van der Waals surface area contributed by atoms with E-state index in [1.165, 1.54) is 11.3 Å². The second-order valence-electron chi connectivity index (χ2n) is 5.17. The van der Waals surface area contributed by atoms with Crippen molar-refractivity contribution in [2.75, 3.05) is 6.54 Å². The van der Waals surface area contributed by atoms with Gasteiger partial charge in [0.2, 0.25) is 0 Å². The van der Waals surface area contributed by atoms with E-state index in [-0.39, 0.29) is 11.9 Å². The second-order valence-corrected chi connectivity index (χ2v) is 5.89. The number of carbonyl (C=O) groups is 1. The molecule has 1 saturated heterocycles. The van der Waals surface area contributed by atoms with E-state index in [9.17, 15) is 4.79 Å². The van der Waals surface area contributed by atoms with Gasteiger partial charge in [0, 0.05) is 11.9 Å². The molecule has 106 valence electrons. The van der Waals surface area contributed by atoms with Crippen molar-refractivity contribution in [1.29, 1.82) is 0 Å². The topological polar surface area (TPSA) is 61.9 Å².